The van der Waals surface area contributed by atoms with Crippen molar-refractivity contribution < 1.29 is 28.9 Å². The fraction of sp³-hybridized carbons (Fsp3) is 0.533. The summed E-state index contributed by atoms with van der Waals surface area (Å²) in [6.07, 6.45) is -3.89. The minimum atomic E-state index is -1.65. The molecular weight excluding hydrogens is 329 g/mol. The van der Waals surface area contributed by atoms with Gasteiger partial charge < -0.3 is 25.0 Å². The molecular formula is C15H21ClFNO5. The summed E-state index contributed by atoms with van der Waals surface area (Å²) in [6.45, 7) is 4.71. The molecule has 0 heterocycles. The zero-order valence-electron chi connectivity index (χ0n) is 13.4. The van der Waals surface area contributed by atoms with E-state index in [0.29, 0.717) is 0 Å². The second kappa shape index (κ2) is 7.81. The molecule has 0 aliphatic rings. The summed E-state index contributed by atoms with van der Waals surface area (Å²) >= 11 is 5.87. The van der Waals surface area contributed by atoms with Crippen LogP contribution in [0.15, 0.2) is 12.1 Å². The molecule has 3 N–H and O–H groups in total. The minimum Gasteiger partial charge on any atom is -0.494 e. The van der Waals surface area contributed by atoms with Crippen LogP contribution in [0.3, 0.4) is 0 Å². The summed E-state index contributed by atoms with van der Waals surface area (Å²) in [4.78, 5) is 11.5. The summed E-state index contributed by atoms with van der Waals surface area (Å²) in [5.41, 5.74) is -1.000. The summed E-state index contributed by atoms with van der Waals surface area (Å²) in [7, 11) is 1.27. The molecule has 1 aromatic carbocycles. The first kappa shape index (κ1) is 19.5. The summed E-state index contributed by atoms with van der Waals surface area (Å²) in [6, 6.07) is 2.65. The van der Waals surface area contributed by atoms with Crippen LogP contribution in [0.1, 0.15) is 32.4 Å². The van der Waals surface area contributed by atoms with Crippen molar-refractivity contribution >= 4 is 17.7 Å². The average Bonchev–Trinajstić information content (AvgIpc) is 2.43. The van der Waals surface area contributed by atoms with Gasteiger partial charge in [-0.25, -0.2) is 9.18 Å². The lowest BCUT2D eigenvalue weighted by Crippen LogP contribution is -2.39. The fourth-order valence-electron chi connectivity index (χ4n) is 1.78. The molecule has 0 spiro atoms. The average molecular weight is 350 g/mol. The third kappa shape index (κ3) is 5.53. The van der Waals surface area contributed by atoms with Gasteiger partial charge in [0.1, 0.15) is 17.8 Å². The van der Waals surface area contributed by atoms with Gasteiger partial charge in [-0.15, -0.1) is 0 Å². The SMILES string of the molecule is COc1ccc(Cl)c(C(O)C(O)CNC(=O)OC(C)(C)C)c1F. The number of nitrogens with one attached hydrogen (secondary N) is 1. The molecule has 0 saturated heterocycles. The van der Waals surface area contributed by atoms with E-state index in [1.807, 2.05) is 0 Å². The first-order chi connectivity index (χ1) is 10.6. The standard InChI is InChI=1S/C15H21ClFNO5/c1-15(2,3)23-14(21)18-7-9(19)13(20)11-8(16)5-6-10(22-4)12(11)17/h5-6,9,13,19-20H,7H2,1-4H3,(H,18,21). The van der Waals surface area contributed by atoms with E-state index >= 15 is 0 Å². The first-order valence-corrected chi connectivity index (χ1v) is 7.29. The number of ether oxygens (including phenoxy) is 2. The van der Waals surface area contributed by atoms with Crippen molar-refractivity contribution in [2.75, 3.05) is 13.7 Å². The van der Waals surface area contributed by atoms with E-state index in [1.165, 1.54) is 19.2 Å². The number of aliphatic hydroxyl groups is 2. The Balaban J connectivity index is 2.78. The van der Waals surface area contributed by atoms with Gasteiger partial charge >= 0.3 is 6.09 Å². The zero-order chi connectivity index (χ0) is 17.8. The van der Waals surface area contributed by atoms with Gasteiger partial charge in [0.2, 0.25) is 0 Å². The molecule has 0 radical (unpaired) electrons. The maximum absolute atomic E-state index is 14.2. The van der Waals surface area contributed by atoms with Crippen LogP contribution in [0.2, 0.25) is 5.02 Å². The Morgan fingerprint density at radius 3 is 2.52 bits per heavy atom. The van der Waals surface area contributed by atoms with Crippen molar-refractivity contribution in [2.24, 2.45) is 0 Å². The number of carbonyl (C=O) groups is 1. The summed E-state index contributed by atoms with van der Waals surface area (Å²) < 4.78 is 24.0. The topological polar surface area (TPSA) is 88.0 Å². The normalized spacial score (nSPS) is 14.1. The van der Waals surface area contributed by atoms with Crippen LogP contribution in [0.4, 0.5) is 9.18 Å². The molecule has 0 bridgehead atoms. The van der Waals surface area contributed by atoms with Crippen LogP contribution in [-0.2, 0) is 4.74 Å². The maximum atomic E-state index is 14.2. The molecule has 130 valence electrons. The Morgan fingerprint density at radius 1 is 1.39 bits per heavy atom. The van der Waals surface area contributed by atoms with Crippen LogP contribution >= 0.6 is 11.6 Å². The van der Waals surface area contributed by atoms with E-state index in [0.717, 1.165) is 0 Å². The molecule has 8 heteroatoms. The van der Waals surface area contributed by atoms with E-state index in [-0.39, 0.29) is 22.9 Å². The van der Waals surface area contributed by atoms with Gasteiger partial charge in [-0.2, -0.15) is 0 Å². The third-order valence-electron chi connectivity index (χ3n) is 2.83. The highest BCUT2D eigenvalue weighted by Crippen LogP contribution is 2.33. The highest BCUT2D eigenvalue weighted by Gasteiger charge is 2.27. The summed E-state index contributed by atoms with van der Waals surface area (Å²) in [5.74, 6) is -0.987. The maximum Gasteiger partial charge on any atom is 0.407 e. The van der Waals surface area contributed by atoms with E-state index in [9.17, 15) is 19.4 Å². The largest absolute Gasteiger partial charge is 0.494 e. The van der Waals surface area contributed by atoms with Gasteiger partial charge in [0.05, 0.1) is 7.11 Å². The van der Waals surface area contributed by atoms with Gasteiger partial charge in [-0.1, -0.05) is 11.6 Å². The number of amides is 1. The molecule has 1 amide bonds. The van der Waals surface area contributed by atoms with Crippen molar-refractivity contribution in [1.82, 2.24) is 5.32 Å². The van der Waals surface area contributed by atoms with Gasteiger partial charge in [0, 0.05) is 17.1 Å². The number of halogens is 2. The Bertz CT molecular complexity index is 562. The number of hydrogen-bond donors (Lipinski definition) is 3. The highest BCUT2D eigenvalue weighted by atomic mass is 35.5. The molecule has 0 fully saturated rings. The lowest BCUT2D eigenvalue weighted by atomic mass is 10.0. The second-order valence-corrected chi connectivity index (χ2v) is 6.28. The first-order valence-electron chi connectivity index (χ1n) is 6.91. The molecule has 1 aromatic rings. The molecule has 6 nitrogen and oxygen atoms in total. The zero-order valence-corrected chi connectivity index (χ0v) is 14.1. The molecule has 1 rings (SSSR count). The van der Waals surface area contributed by atoms with E-state index in [2.05, 4.69) is 5.32 Å². The summed E-state index contributed by atoms with van der Waals surface area (Å²) in [5, 5.41) is 22.3. The number of aliphatic hydroxyl groups excluding tert-OH is 2. The Morgan fingerprint density at radius 2 is 2.00 bits per heavy atom. The highest BCUT2D eigenvalue weighted by molar-refractivity contribution is 6.31. The Hall–Kier alpha value is -1.57. The lowest BCUT2D eigenvalue weighted by molar-refractivity contribution is 0.0112. The van der Waals surface area contributed by atoms with Gasteiger partial charge in [0.15, 0.2) is 11.6 Å². The molecule has 0 aromatic heterocycles. The second-order valence-electron chi connectivity index (χ2n) is 5.87. The van der Waals surface area contributed by atoms with Crippen molar-refractivity contribution in [3.05, 3.63) is 28.5 Å². The molecule has 23 heavy (non-hydrogen) atoms. The van der Waals surface area contributed by atoms with Gasteiger partial charge in [-0.05, 0) is 32.9 Å². The number of alkyl carbamates (subject to hydrolysis) is 1. The molecule has 2 atom stereocenters. The Kier molecular flexibility index (Phi) is 6.61. The van der Waals surface area contributed by atoms with Crippen LogP contribution < -0.4 is 10.1 Å². The van der Waals surface area contributed by atoms with Crippen molar-refractivity contribution in [3.63, 3.8) is 0 Å². The van der Waals surface area contributed by atoms with Crippen molar-refractivity contribution in [1.29, 1.82) is 0 Å². The number of rotatable bonds is 5. The number of carbonyl (C=O) groups excluding carboxylic acids is 1. The van der Waals surface area contributed by atoms with Gasteiger partial charge in [-0.3, -0.25) is 0 Å². The molecule has 0 aliphatic heterocycles. The monoisotopic (exact) mass is 349 g/mol. The van der Waals surface area contributed by atoms with Crippen LogP contribution in [0.25, 0.3) is 0 Å². The van der Waals surface area contributed by atoms with Gasteiger partial charge in [0.25, 0.3) is 0 Å². The fourth-order valence-corrected chi connectivity index (χ4v) is 2.04. The Labute approximate surface area is 139 Å². The number of benzene rings is 1. The minimum absolute atomic E-state index is 0.0629. The smallest absolute Gasteiger partial charge is 0.407 e. The van der Waals surface area contributed by atoms with Crippen LogP contribution in [0.5, 0.6) is 5.75 Å². The van der Waals surface area contributed by atoms with Crippen molar-refractivity contribution in [2.45, 2.75) is 38.6 Å². The van der Waals surface area contributed by atoms with Crippen LogP contribution in [-0.4, -0.2) is 41.7 Å². The predicted molar refractivity (Wildman–Crippen MR) is 83.2 cm³/mol. The van der Waals surface area contributed by atoms with E-state index in [1.54, 1.807) is 20.8 Å². The molecule has 0 aliphatic carbocycles. The van der Waals surface area contributed by atoms with E-state index < -0.39 is 29.7 Å². The lowest BCUT2D eigenvalue weighted by Gasteiger charge is -2.23. The molecule has 2 unspecified atom stereocenters. The predicted octanol–water partition coefficient (Wildman–Crippen LogP) is 2.41. The van der Waals surface area contributed by atoms with Crippen molar-refractivity contribution in [3.8, 4) is 5.75 Å². The quantitative estimate of drug-likeness (QED) is 0.759. The number of hydrogen-bond acceptors (Lipinski definition) is 5. The number of methoxy groups -OCH3 is 1. The third-order valence-corrected chi connectivity index (χ3v) is 3.16. The van der Waals surface area contributed by atoms with E-state index in [4.69, 9.17) is 21.1 Å². The van der Waals surface area contributed by atoms with Crippen LogP contribution in [0, 0.1) is 5.82 Å². The molecule has 0 saturated carbocycles.